The number of carboxylic acid groups (broad SMARTS) is 1. The number of ether oxygens (including phenoxy) is 1. The second kappa shape index (κ2) is 51.5. The molecule has 25 nitrogen and oxygen atoms in total. The fraction of sp³-hybridized carbons (Fsp3) is 0.221. The van der Waals surface area contributed by atoms with Crippen LogP contribution in [-0.4, -0.2) is 108 Å². The van der Waals surface area contributed by atoms with Crippen molar-refractivity contribution in [1.29, 1.82) is 0 Å². The summed E-state index contributed by atoms with van der Waals surface area (Å²) in [5, 5.41) is 14.0. The number of benzene rings is 8. The van der Waals surface area contributed by atoms with Crippen molar-refractivity contribution < 1.29 is 81.6 Å². The molecule has 0 bridgehead atoms. The zero-order chi connectivity index (χ0) is 85.9. The van der Waals surface area contributed by atoms with Crippen LogP contribution in [0.3, 0.4) is 0 Å². The van der Waals surface area contributed by atoms with Crippen molar-refractivity contribution in [2.75, 3.05) is 30.3 Å². The van der Waals surface area contributed by atoms with Crippen LogP contribution >= 0.6 is 135 Å². The molecular formula is C86H90I9N10O15S2-. The van der Waals surface area contributed by atoms with Gasteiger partial charge in [-0.1, -0.05) is 156 Å². The molecule has 36 heteroatoms. The third-order valence-corrected chi connectivity index (χ3v) is 270. The summed E-state index contributed by atoms with van der Waals surface area (Å²) in [6, 6.07) is 56.3. The molecule has 0 radical (unpaired) electrons. The third kappa shape index (κ3) is 29.9. The Bertz CT molecular complexity index is 5720. The number of nitrogens with two attached hydrogens (primary N) is 1. The number of nitrogens with zero attached hydrogens (tertiary/aromatic N) is 7. The number of aliphatic carboxylic acids is 1. The molecule has 3 atom stereocenters. The van der Waals surface area contributed by atoms with Gasteiger partial charge < -0.3 is 43.9 Å². The zero-order valence-electron chi connectivity index (χ0n) is 64.2. The molecular weight excluding hydrogens is 2620 g/mol. The number of rotatable bonds is 21. The molecule has 7 heterocycles. The molecule has 2 amide bonds. The SMILES string of the molecule is C.C.C.CCOC(=O)C1=NS(=O)(=O)c2cc(I)ccc2N1.Cc1ccccc1C(CCC(=O)C1=NS(=O)(=O)c2cc(I)ccc2N1)c1ncco1.Cc1ccccc1C(CN)c1ncco1.Cc1ccccc1C(CN1C(=O)c2ccccc2C1=O)c1ncco1.Cc1ccccc1CC(=O)O.Cc1ccccc1Cc1ncco1.I[I-]I(I)I(I)I. The molecule has 650 valence electrons. The summed E-state index contributed by atoms with van der Waals surface area (Å²) in [5.74, 6) is -0.978. The van der Waals surface area contributed by atoms with Crippen LogP contribution in [-0.2, 0) is 52.0 Å². The number of hydrogen-bond acceptors (Lipinski definition) is 21. The molecule has 4 aromatic heterocycles. The quantitative estimate of drug-likeness (QED) is 0.0295. The van der Waals surface area contributed by atoms with Gasteiger partial charge in [0, 0.05) is 33.1 Å². The number of amidine groups is 2. The third-order valence-electron chi connectivity index (χ3n) is 18.0. The molecule has 3 aliphatic rings. The van der Waals surface area contributed by atoms with E-state index in [9.17, 15) is 40.8 Å². The van der Waals surface area contributed by atoms with E-state index in [2.05, 4.69) is 152 Å². The van der Waals surface area contributed by atoms with Crippen LogP contribution in [0.4, 0.5) is 11.4 Å². The summed E-state index contributed by atoms with van der Waals surface area (Å²) in [4.78, 5) is 78.2. The first kappa shape index (κ1) is 105. The van der Waals surface area contributed by atoms with E-state index in [0.29, 0.717) is 66.4 Å². The summed E-state index contributed by atoms with van der Waals surface area (Å²) in [7, 11) is -8.28. The van der Waals surface area contributed by atoms with Gasteiger partial charge in [-0.2, -0.15) is 16.8 Å². The van der Waals surface area contributed by atoms with Gasteiger partial charge >= 0.3 is 115 Å². The van der Waals surface area contributed by atoms with E-state index < -0.39 is 32.0 Å². The van der Waals surface area contributed by atoms with Crippen molar-refractivity contribution in [3.63, 3.8) is 0 Å². The van der Waals surface area contributed by atoms with Gasteiger partial charge in [0.05, 0.1) is 78.1 Å². The first-order valence-electron chi connectivity index (χ1n) is 35.9. The fourth-order valence-corrected chi connectivity index (χ4v) is 225. The number of halogens is 9. The van der Waals surface area contributed by atoms with E-state index in [1.54, 1.807) is 92.8 Å². The van der Waals surface area contributed by atoms with Gasteiger partial charge in [0.25, 0.3) is 31.9 Å². The van der Waals surface area contributed by atoms with Gasteiger partial charge in [-0.15, -0.1) is 8.80 Å². The second-order valence-corrected chi connectivity index (χ2v) is 145. The van der Waals surface area contributed by atoms with Crippen molar-refractivity contribution in [2.24, 2.45) is 14.5 Å². The average molecular weight is 2710 g/mol. The molecule has 0 fully saturated rings. The van der Waals surface area contributed by atoms with Crippen LogP contribution in [0.1, 0.15) is 160 Å². The zero-order valence-corrected chi connectivity index (χ0v) is 85.3. The van der Waals surface area contributed by atoms with Gasteiger partial charge in [0.1, 0.15) is 34.8 Å². The predicted molar refractivity (Wildman–Crippen MR) is 542 cm³/mol. The van der Waals surface area contributed by atoms with E-state index >= 15 is 0 Å². The van der Waals surface area contributed by atoms with Crippen LogP contribution in [0.5, 0.6) is 0 Å². The number of oxazole rings is 4. The number of nitrogens with one attached hydrogen (secondary N) is 2. The number of hydrogen-bond donors (Lipinski definition) is 4. The molecule has 8 aromatic carbocycles. The van der Waals surface area contributed by atoms with Crippen LogP contribution in [0, 0.1) is 41.8 Å². The average Bonchev–Trinajstić information content (AvgIpc) is 1.63. The van der Waals surface area contributed by atoms with Crippen LogP contribution in [0.15, 0.2) is 268 Å². The fourth-order valence-electron chi connectivity index (χ4n) is 12.2. The number of fused-ring (bicyclic) bond motifs is 3. The minimum absolute atomic E-state index is 0. The predicted octanol–water partition coefficient (Wildman–Crippen LogP) is 19.6. The number of Topliss-reactive ketones (excluding diaryl/α,β-unsaturated/α-hetero) is 1. The molecule has 0 spiro atoms. The summed E-state index contributed by atoms with van der Waals surface area (Å²) in [6.07, 6.45) is 14.0. The Hall–Kier alpha value is -6.28. The molecule has 0 aliphatic carbocycles. The number of carbonyl (C=O) groups is 5. The van der Waals surface area contributed by atoms with E-state index in [-0.39, 0.29) is 121 Å². The molecule has 15 rings (SSSR count). The molecule has 122 heavy (non-hydrogen) atoms. The van der Waals surface area contributed by atoms with Gasteiger partial charge in [0.2, 0.25) is 23.5 Å². The second-order valence-electron chi connectivity index (χ2n) is 25.8. The number of anilines is 2. The number of sulfonamides is 2. The van der Waals surface area contributed by atoms with Gasteiger partial charge in [0.15, 0.2) is 17.5 Å². The number of esters is 1. The standard InChI is InChI=1S/C21H18IN3O4S.C20H16N2O3.C12H14N2O.C11H11NO.C10H9IN2O4S.C9H10O2.3CH4.I7/c1-13-4-2-3-5-15(13)16(21-23-10-11-29-21)7-9-18(26)20-24-17-8-6-14(22)12-19(17)30(27,28)25-20;1-13-6-2-3-7-14(13)17(18-21-10-11-25-18)12-22-19(23)15-8-4-5-9-16(15)20(22)24;1-9-4-2-3-5-10(9)11(8-13)12-14-6-7-15-12;1-9-4-2-3-5-10(9)8-11-12-6-7-13-11;1-2-17-10(14)9-12-7-4-3-6(11)5-8(7)18(15,16)13-9;1-7-4-2-3-5-8(7)6-9(10)11;;;;1-5-7(4)6(2)3/h2-6,8,10-12,16H,7,9H2,1H3,(H,24,25);2-11,17H,12H2,1H3;2-7,11H,8,13H2,1H3;2-7H,8H2,1H3;3-5H,2H2,1H3,(H,12,13);2-5H,6H2,1H3,(H,10,11);3*1H4;/q;;;;;;;;;-1. The van der Waals surface area contributed by atoms with Crippen molar-refractivity contribution in [2.45, 2.75) is 117 Å². The molecule has 0 saturated carbocycles. The number of aryl methyl sites for hydroxylation is 5. The normalized spacial score (nSPS) is 13.6. The molecule has 3 aliphatic heterocycles. The molecule has 12 aromatic rings. The number of aromatic nitrogens is 4. The monoisotopic (exact) mass is 2710 g/mol. The Balaban J connectivity index is 0.000000228. The van der Waals surface area contributed by atoms with Crippen molar-refractivity contribution >= 4 is 208 Å². The number of ketones is 1. The first-order valence-corrected chi connectivity index (χ1v) is 78.7. The van der Waals surface area contributed by atoms with E-state index in [4.69, 9.17) is 33.2 Å². The van der Waals surface area contributed by atoms with Gasteiger partial charge in [-0.25, -0.2) is 24.7 Å². The van der Waals surface area contributed by atoms with Crippen molar-refractivity contribution in [3.05, 3.63) is 329 Å². The van der Waals surface area contributed by atoms with E-state index in [0.717, 1.165) is 52.8 Å². The minimum atomic E-state index is -3.93. The Morgan fingerprint density at radius 3 is 1.35 bits per heavy atom. The number of amides is 2. The van der Waals surface area contributed by atoms with Crippen molar-refractivity contribution in [3.8, 4) is 0 Å². The van der Waals surface area contributed by atoms with Crippen LogP contribution in [0.2, 0.25) is 0 Å². The maximum absolute atomic E-state index is 12.8. The molecule has 5 N–H and O–H groups in total. The van der Waals surface area contributed by atoms with E-state index in [1.165, 1.54) is 51.8 Å². The molecule has 3 unspecified atom stereocenters. The summed E-state index contributed by atoms with van der Waals surface area (Å²) in [5.41, 5.74) is 18.3. The maximum atomic E-state index is 12.8. The van der Waals surface area contributed by atoms with Gasteiger partial charge in [-0.05, 0) is 197 Å². The summed E-state index contributed by atoms with van der Waals surface area (Å²) >= 11 is 15.5. The number of imide groups is 1. The van der Waals surface area contributed by atoms with Crippen LogP contribution < -0.4 is 29.6 Å². The Kier molecular flexibility index (Phi) is 44.1. The Labute approximate surface area is 794 Å². The first-order chi connectivity index (χ1) is 57.0. The van der Waals surface area contributed by atoms with Crippen LogP contribution in [0.25, 0.3) is 0 Å². The Morgan fingerprint density at radius 2 is 0.943 bits per heavy atom. The van der Waals surface area contributed by atoms with E-state index in [1.807, 2.05) is 163 Å². The topological polar surface area (TPSA) is 365 Å². The number of carboxylic acids is 1. The summed E-state index contributed by atoms with van der Waals surface area (Å²) in [6.45, 7) is 12.5. The van der Waals surface area contributed by atoms with Gasteiger partial charge in [-0.3, -0.25) is 24.1 Å². The molecule has 0 saturated heterocycles. The Morgan fingerprint density at radius 1 is 0.541 bits per heavy atom. The van der Waals surface area contributed by atoms with Crippen molar-refractivity contribution in [1.82, 2.24) is 24.8 Å². The summed E-state index contributed by atoms with van der Waals surface area (Å²) < 4.78 is 83.7. The number of carbonyl (C=O) groups excluding carboxylic acids is 4.